The van der Waals surface area contributed by atoms with E-state index in [2.05, 4.69) is 23.8 Å². The molecule has 3 nitrogen and oxygen atoms in total. The van der Waals surface area contributed by atoms with Crippen molar-refractivity contribution in [2.24, 2.45) is 10.9 Å². The highest BCUT2D eigenvalue weighted by Crippen LogP contribution is 2.36. The largest absolute Gasteiger partial charge is 0.453 e. The Kier molecular flexibility index (Phi) is 5.47. The lowest BCUT2D eigenvalue weighted by molar-refractivity contribution is 0.446. The molecule has 0 aliphatic carbocycles. The van der Waals surface area contributed by atoms with Gasteiger partial charge in [0.2, 0.25) is 0 Å². The van der Waals surface area contributed by atoms with E-state index in [9.17, 15) is 4.39 Å². The Morgan fingerprint density at radius 2 is 2.04 bits per heavy atom. The second-order valence-electron chi connectivity index (χ2n) is 6.32. The molecule has 26 heavy (non-hydrogen) atoms. The number of hydrogen-bond acceptors (Lipinski definition) is 4. The lowest BCUT2D eigenvalue weighted by Gasteiger charge is -2.08. The van der Waals surface area contributed by atoms with Crippen LogP contribution in [0.25, 0.3) is 10.2 Å². The van der Waals surface area contributed by atoms with Crippen LogP contribution in [0.2, 0.25) is 0 Å². The third-order valence-corrected chi connectivity index (χ3v) is 5.01. The fraction of sp³-hybridized carbons (Fsp3) is 0.238. The molecule has 0 saturated heterocycles. The smallest absolute Gasteiger partial charge is 0.165 e. The van der Waals surface area contributed by atoms with Crippen molar-refractivity contribution >= 4 is 27.3 Å². The van der Waals surface area contributed by atoms with Crippen molar-refractivity contribution in [3.05, 3.63) is 65.1 Å². The van der Waals surface area contributed by atoms with Gasteiger partial charge in [0.25, 0.3) is 0 Å². The highest BCUT2D eigenvalue weighted by Gasteiger charge is 2.16. The summed E-state index contributed by atoms with van der Waals surface area (Å²) in [4.78, 5) is 10.0. The molecule has 2 heterocycles. The van der Waals surface area contributed by atoms with E-state index in [4.69, 9.17) is 4.74 Å². The van der Waals surface area contributed by atoms with Crippen molar-refractivity contribution in [1.29, 1.82) is 0 Å². The van der Waals surface area contributed by atoms with Gasteiger partial charge in [0.1, 0.15) is 5.75 Å². The zero-order valence-electron chi connectivity index (χ0n) is 15.3. The number of hydrogen-bond donors (Lipinski definition) is 0. The van der Waals surface area contributed by atoms with Crippen molar-refractivity contribution < 1.29 is 9.13 Å². The van der Waals surface area contributed by atoms with E-state index in [1.807, 2.05) is 32.1 Å². The zero-order chi connectivity index (χ0) is 18.7. The van der Waals surface area contributed by atoms with Crippen LogP contribution in [-0.2, 0) is 0 Å². The van der Waals surface area contributed by atoms with Crippen molar-refractivity contribution in [2.45, 2.75) is 27.7 Å². The number of aliphatic imine (C=N–C) groups is 1. The molecule has 0 N–H and O–H groups in total. The maximum atomic E-state index is 14.2. The van der Waals surface area contributed by atoms with Crippen molar-refractivity contribution in [2.75, 3.05) is 0 Å². The molecule has 1 aromatic carbocycles. The summed E-state index contributed by atoms with van der Waals surface area (Å²) in [5.41, 5.74) is 2.68. The maximum Gasteiger partial charge on any atom is 0.165 e. The molecule has 0 aliphatic heterocycles. The number of pyridine rings is 1. The van der Waals surface area contributed by atoms with Crippen LogP contribution in [-0.4, -0.2) is 10.7 Å². The van der Waals surface area contributed by atoms with E-state index in [-0.39, 0.29) is 17.5 Å². The van der Waals surface area contributed by atoms with Gasteiger partial charge in [-0.25, -0.2) is 4.39 Å². The SMILES string of the molecule is C/C=C\N=C(c1cc2nccc(Oc3ccc(C)cc3F)c2s1)C(C)C. The van der Waals surface area contributed by atoms with E-state index in [0.717, 1.165) is 26.4 Å². The lowest BCUT2D eigenvalue weighted by Crippen LogP contribution is -2.06. The van der Waals surface area contributed by atoms with Gasteiger partial charge in [-0.05, 0) is 43.5 Å². The average molecular weight is 368 g/mol. The zero-order valence-corrected chi connectivity index (χ0v) is 16.1. The molecule has 134 valence electrons. The normalized spacial score (nSPS) is 12.5. The number of benzene rings is 1. The van der Waals surface area contributed by atoms with E-state index in [1.165, 1.54) is 6.07 Å². The van der Waals surface area contributed by atoms with E-state index in [0.29, 0.717) is 5.75 Å². The van der Waals surface area contributed by atoms with E-state index < -0.39 is 0 Å². The number of rotatable bonds is 5. The first-order valence-corrected chi connectivity index (χ1v) is 9.33. The summed E-state index contributed by atoms with van der Waals surface area (Å²) >= 11 is 1.56. The summed E-state index contributed by atoms with van der Waals surface area (Å²) in [7, 11) is 0. The van der Waals surface area contributed by atoms with Gasteiger partial charge in [-0.1, -0.05) is 26.0 Å². The molecule has 0 saturated carbocycles. The first kappa shape index (κ1) is 18.3. The van der Waals surface area contributed by atoms with Gasteiger partial charge in [0, 0.05) is 18.5 Å². The van der Waals surface area contributed by atoms with Gasteiger partial charge >= 0.3 is 0 Å². The molecule has 0 atom stereocenters. The average Bonchev–Trinajstić information content (AvgIpc) is 3.02. The molecule has 2 aromatic heterocycles. The van der Waals surface area contributed by atoms with Crippen molar-refractivity contribution in [1.82, 2.24) is 4.98 Å². The molecule has 0 fully saturated rings. The standard InChI is InChI=1S/C21H21FN2OS/c1-5-9-24-20(13(2)3)19-12-16-21(26-19)18(8-10-23-16)25-17-7-6-14(4)11-15(17)22/h5-13H,1-4H3/b9-5-,24-20?. The first-order chi connectivity index (χ1) is 12.5. The summed E-state index contributed by atoms with van der Waals surface area (Å²) in [6.45, 7) is 8.01. The van der Waals surface area contributed by atoms with Gasteiger partial charge < -0.3 is 4.74 Å². The molecule has 3 rings (SSSR count). The fourth-order valence-electron chi connectivity index (χ4n) is 2.58. The highest BCUT2D eigenvalue weighted by atomic mass is 32.1. The molecule has 0 amide bonds. The van der Waals surface area contributed by atoms with Gasteiger partial charge in [-0.2, -0.15) is 0 Å². The summed E-state index contributed by atoms with van der Waals surface area (Å²) in [6, 6.07) is 8.73. The fourth-order valence-corrected chi connectivity index (χ4v) is 3.79. The predicted octanol–water partition coefficient (Wildman–Crippen LogP) is 6.51. The predicted molar refractivity (Wildman–Crippen MR) is 107 cm³/mol. The van der Waals surface area contributed by atoms with Crippen molar-refractivity contribution in [3.63, 3.8) is 0 Å². The summed E-state index contributed by atoms with van der Waals surface area (Å²) in [6.07, 6.45) is 5.38. The third kappa shape index (κ3) is 3.83. The van der Waals surface area contributed by atoms with Crippen molar-refractivity contribution in [3.8, 4) is 11.5 Å². The molecule has 0 aliphatic rings. The highest BCUT2D eigenvalue weighted by molar-refractivity contribution is 7.21. The summed E-state index contributed by atoms with van der Waals surface area (Å²) in [5, 5.41) is 0. The third-order valence-electron chi connectivity index (χ3n) is 3.85. The van der Waals surface area contributed by atoms with Crippen LogP contribution in [0, 0.1) is 18.7 Å². The number of fused-ring (bicyclic) bond motifs is 1. The Morgan fingerprint density at radius 1 is 1.23 bits per heavy atom. The molecule has 0 spiro atoms. The number of thiophene rings is 1. The maximum absolute atomic E-state index is 14.2. The Balaban J connectivity index is 2.04. The first-order valence-electron chi connectivity index (χ1n) is 8.51. The van der Waals surface area contributed by atoms with Crippen LogP contribution in [0.5, 0.6) is 11.5 Å². The van der Waals surface area contributed by atoms with E-state index >= 15 is 0 Å². The number of aryl methyl sites for hydroxylation is 1. The van der Waals surface area contributed by atoms with Crippen LogP contribution < -0.4 is 4.74 Å². The van der Waals surface area contributed by atoms with Gasteiger partial charge in [0.15, 0.2) is 11.6 Å². The van der Waals surface area contributed by atoms with Crippen LogP contribution in [0.4, 0.5) is 4.39 Å². The molecular weight excluding hydrogens is 347 g/mol. The number of allylic oxidation sites excluding steroid dienone is 1. The number of aromatic nitrogens is 1. The number of nitrogens with zero attached hydrogens (tertiary/aromatic N) is 2. The minimum absolute atomic E-state index is 0.213. The van der Waals surface area contributed by atoms with Crippen LogP contribution in [0.3, 0.4) is 0 Å². The topological polar surface area (TPSA) is 34.5 Å². The molecule has 0 unspecified atom stereocenters. The van der Waals surface area contributed by atoms with E-state index in [1.54, 1.807) is 35.9 Å². The molecule has 0 bridgehead atoms. The monoisotopic (exact) mass is 368 g/mol. The molecule has 5 heteroatoms. The lowest BCUT2D eigenvalue weighted by atomic mass is 10.1. The molecule has 0 radical (unpaired) electrons. The van der Waals surface area contributed by atoms with Crippen LogP contribution >= 0.6 is 11.3 Å². The molecule has 3 aromatic rings. The van der Waals surface area contributed by atoms with Gasteiger partial charge in [-0.15, -0.1) is 11.3 Å². The van der Waals surface area contributed by atoms with Gasteiger partial charge in [-0.3, -0.25) is 9.98 Å². The second-order valence-corrected chi connectivity index (χ2v) is 7.37. The second kappa shape index (κ2) is 7.79. The van der Waals surface area contributed by atoms with Gasteiger partial charge in [0.05, 0.1) is 20.8 Å². The van der Waals surface area contributed by atoms with Crippen LogP contribution in [0.15, 0.2) is 53.8 Å². The minimum Gasteiger partial charge on any atom is -0.453 e. The van der Waals surface area contributed by atoms with Crippen LogP contribution in [0.1, 0.15) is 31.2 Å². The Hall–Kier alpha value is -2.53. The quantitative estimate of drug-likeness (QED) is 0.481. The minimum atomic E-state index is -0.371. The Morgan fingerprint density at radius 3 is 2.73 bits per heavy atom. The molecular formula is C21H21FN2OS. The summed E-state index contributed by atoms with van der Waals surface area (Å²) < 4.78 is 20.9. The summed E-state index contributed by atoms with van der Waals surface area (Å²) in [5.74, 6) is 0.718. The number of halogens is 1. The number of ether oxygens (including phenoxy) is 1. The Labute approximate surface area is 156 Å². The Bertz CT molecular complexity index is 989.